The Morgan fingerprint density at radius 2 is 0.979 bits per heavy atom. The molecule has 10 aromatic rings. The molecule has 0 spiro atoms. The van der Waals surface area contributed by atoms with E-state index < -0.39 is 0 Å². The molecule has 7 aromatic carbocycles. The molecule has 47 heavy (non-hydrogen) atoms. The van der Waals surface area contributed by atoms with Crippen LogP contribution in [0.5, 0.6) is 0 Å². The highest BCUT2D eigenvalue weighted by molar-refractivity contribution is 7.27. The molecule has 1 nitrogen and oxygen atoms in total. The highest BCUT2D eigenvalue weighted by Gasteiger charge is 2.20. The standard InChI is InChI=1S/C44H27NS2/c1-3-13-28(14-4-1)32-20-11-22-35-36-23-12-21-34(43(36)47-42(32)35)33-18-8-7-17-31(33)29-25-26-38-40(27-29)46-44-37-19-9-10-24-39(37)45(41(38)44)30-15-5-2-6-16-30/h1-27H. The Labute approximate surface area is 280 Å². The molecule has 0 atom stereocenters. The molecule has 0 amide bonds. The van der Waals surface area contributed by atoms with Crippen molar-refractivity contribution in [2.45, 2.75) is 0 Å². The van der Waals surface area contributed by atoms with Gasteiger partial charge in [0.25, 0.3) is 0 Å². The van der Waals surface area contributed by atoms with Crippen LogP contribution >= 0.6 is 22.7 Å². The van der Waals surface area contributed by atoms with E-state index in [0.717, 1.165) is 0 Å². The van der Waals surface area contributed by atoms with E-state index in [1.54, 1.807) is 0 Å². The lowest BCUT2D eigenvalue weighted by Crippen LogP contribution is -1.92. The van der Waals surface area contributed by atoms with Gasteiger partial charge in [-0.15, -0.1) is 22.7 Å². The van der Waals surface area contributed by atoms with Crippen molar-refractivity contribution in [3.05, 3.63) is 164 Å². The average Bonchev–Trinajstić information content (AvgIpc) is 3.81. The molecule has 3 heteroatoms. The van der Waals surface area contributed by atoms with Crippen LogP contribution in [0.4, 0.5) is 0 Å². The zero-order chi connectivity index (χ0) is 30.9. The first-order valence-electron chi connectivity index (χ1n) is 15.9. The van der Waals surface area contributed by atoms with Crippen molar-refractivity contribution >= 4 is 74.1 Å². The lowest BCUT2D eigenvalue weighted by Gasteiger charge is -2.12. The first-order valence-corrected chi connectivity index (χ1v) is 17.6. The van der Waals surface area contributed by atoms with E-state index in [4.69, 9.17) is 0 Å². The first-order chi connectivity index (χ1) is 23.3. The van der Waals surface area contributed by atoms with Crippen LogP contribution in [0.15, 0.2) is 164 Å². The lowest BCUT2D eigenvalue weighted by molar-refractivity contribution is 1.19. The SMILES string of the molecule is c1ccc(-c2cccc3c2sc2c(-c4ccccc4-c4ccc5c(c4)sc4c6ccccc6n(-c6ccccc6)c54)cccc23)cc1. The van der Waals surface area contributed by atoms with E-state index in [0.29, 0.717) is 0 Å². The van der Waals surface area contributed by atoms with Gasteiger partial charge in [-0.2, -0.15) is 0 Å². The maximum absolute atomic E-state index is 2.43. The number of hydrogen-bond donors (Lipinski definition) is 0. The summed E-state index contributed by atoms with van der Waals surface area (Å²) < 4.78 is 7.77. The molecule has 3 aromatic heterocycles. The van der Waals surface area contributed by atoms with Gasteiger partial charge in [-0.05, 0) is 52.1 Å². The van der Waals surface area contributed by atoms with Crippen LogP contribution in [-0.4, -0.2) is 4.57 Å². The molecule has 0 bridgehead atoms. The average molecular weight is 634 g/mol. The maximum atomic E-state index is 2.43. The third-order valence-electron chi connectivity index (χ3n) is 9.43. The highest BCUT2D eigenvalue weighted by Crippen LogP contribution is 2.47. The highest BCUT2D eigenvalue weighted by atomic mass is 32.1. The van der Waals surface area contributed by atoms with Gasteiger partial charge in [0.1, 0.15) is 0 Å². The fourth-order valence-corrected chi connectivity index (χ4v) is 9.95. The van der Waals surface area contributed by atoms with Gasteiger partial charge in [0.15, 0.2) is 0 Å². The minimum Gasteiger partial charge on any atom is -0.308 e. The van der Waals surface area contributed by atoms with Crippen LogP contribution in [0.1, 0.15) is 0 Å². The number of rotatable bonds is 4. The zero-order valence-electron chi connectivity index (χ0n) is 25.4. The topological polar surface area (TPSA) is 4.93 Å². The van der Waals surface area contributed by atoms with E-state index in [1.807, 2.05) is 22.7 Å². The summed E-state index contributed by atoms with van der Waals surface area (Å²) in [5.74, 6) is 0. The molecule has 0 N–H and O–H groups in total. The van der Waals surface area contributed by atoms with Gasteiger partial charge in [0.05, 0.1) is 15.7 Å². The second-order valence-electron chi connectivity index (χ2n) is 12.1. The Morgan fingerprint density at radius 3 is 1.79 bits per heavy atom. The summed E-state index contributed by atoms with van der Waals surface area (Å²) in [7, 11) is 0. The molecule has 0 fully saturated rings. The molecule has 0 aliphatic heterocycles. The molecule has 0 aliphatic rings. The molecular weight excluding hydrogens is 607 g/mol. The third-order valence-corrected chi connectivity index (χ3v) is 11.9. The van der Waals surface area contributed by atoms with Crippen molar-refractivity contribution in [3.63, 3.8) is 0 Å². The number of hydrogen-bond acceptors (Lipinski definition) is 2. The number of fused-ring (bicyclic) bond motifs is 8. The van der Waals surface area contributed by atoms with Crippen LogP contribution in [0.25, 0.3) is 90.4 Å². The monoisotopic (exact) mass is 633 g/mol. The third kappa shape index (κ3) is 4.07. The van der Waals surface area contributed by atoms with Crippen molar-refractivity contribution in [1.82, 2.24) is 4.57 Å². The second-order valence-corrected chi connectivity index (χ2v) is 14.1. The normalized spacial score (nSPS) is 11.8. The Balaban J connectivity index is 1.17. The van der Waals surface area contributed by atoms with Gasteiger partial charge in [-0.3, -0.25) is 0 Å². The van der Waals surface area contributed by atoms with Crippen molar-refractivity contribution in [3.8, 4) is 39.1 Å². The minimum absolute atomic E-state index is 1.19. The zero-order valence-corrected chi connectivity index (χ0v) is 27.0. The van der Waals surface area contributed by atoms with Crippen molar-refractivity contribution in [2.75, 3.05) is 0 Å². The van der Waals surface area contributed by atoms with Crippen molar-refractivity contribution in [2.24, 2.45) is 0 Å². The summed E-state index contributed by atoms with van der Waals surface area (Å²) in [6.07, 6.45) is 0. The molecule has 0 saturated heterocycles. The van der Waals surface area contributed by atoms with Gasteiger partial charge in [0.2, 0.25) is 0 Å². The quantitative estimate of drug-likeness (QED) is 0.182. The van der Waals surface area contributed by atoms with Crippen LogP contribution in [0.3, 0.4) is 0 Å². The Morgan fingerprint density at radius 1 is 0.362 bits per heavy atom. The molecule has 3 heterocycles. The summed E-state index contributed by atoms with van der Waals surface area (Å²) >= 11 is 3.82. The van der Waals surface area contributed by atoms with Crippen LogP contribution < -0.4 is 0 Å². The molecule has 0 aliphatic carbocycles. The number of thiophene rings is 2. The summed E-state index contributed by atoms with van der Waals surface area (Å²) in [5, 5.41) is 5.25. The van der Waals surface area contributed by atoms with Crippen molar-refractivity contribution in [1.29, 1.82) is 0 Å². The minimum atomic E-state index is 1.19. The summed E-state index contributed by atoms with van der Waals surface area (Å²) in [6, 6.07) is 59.8. The Bertz CT molecular complexity index is 2780. The first kappa shape index (κ1) is 26.7. The molecular formula is C44H27NS2. The molecule has 0 unspecified atom stereocenters. The number of nitrogens with zero attached hydrogens (tertiary/aromatic N) is 1. The maximum Gasteiger partial charge on any atom is 0.0727 e. The van der Waals surface area contributed by atoms with E-state index in [-0.39, 0.29) is 0 Å². The molecule has 0 radical (unpaired) electrons. The fourth-order valence-electron chi connectivity index (χ4n) is 7.33. The van der Waals surface area contributed by atoms with E-state index in [1.165, 1.54) is 90.4 Å². The van der Waals surface area contributed by atoms with E-state index in [9.17, 15) is 0 Å². The van der Waals surface area contributed by atoms with Gasteiger partial charge < -0.3 is 4.57 Å². The van der Waals surface area contributed by atoms with Crippen LogP contribution in [0, 0.1) is 0 Å². The fraction of sp³-hybridized carbons (Fsp3) is 0. The van der Waals surface area contributed by atoms with E-state index >= 15 is 0 Å². The molecule has 0 saturated carbocycles. The van der Waals surface area contributed by atoms with Crippen molar-refractivity contribution < 1.29 is 0 Å². The summed E-state index contributed by atoms with van der Waals surface area (Å²) in [4.78, 5) is 0. The van der Waals surface area contributed by atoms with Gasteiger partial charge in [0, 0.05) is 46.9 Å². The predicted molar refractivity (Wildman–Crippen MR) is 205 cm³/mol. The van der Waals surface area contributed by atoms with Gasteiger partial charge in [-0.1, -0.05) is 140 Å². The number of para-hydroxylation sites is 2. The predicted octanol–water partition coefficient (Wildman–Crippen LogP) is 13.4. The summed E-state index contributed by atoms with van der Waals surface area (Å²) in [5.41, 5.74) is 11.4. The Kier molecular flexibility index (Phi) is 5.98. The van der Waals surface area contributed by atoms with E-state index in [2.05, 4.69) is 168 Å². The second kappa shape index (κ2) is 10.5. The Hall–Kier alpha value is -5.48. The van der Waals surface area contributed by atoms with Crippen LogP contribution in [0.2, 0.25) is 0 Å². The lowest BCUT2D eigenvalue weighted by atomic mass is 9.93. The van der Waals surface area contributed by atoms with Gasteiger partial charge >= 0.3 is 0 Å². The number of aromatic nitrogens is 1. The smallest absolute Gasteiger partial charge is 0.0727 e. The number of benzene rings is 7. The largest absolute Gasteiger partial charge is 0.308 e. The van der Waals surface area contributed by atoms with Crippen LogP contribution in [-0.2, 0) is 0 Å². The molecule has 220 valence electrons. The summed E-state index contributed by atoms with van der Waals surface area (Å²) in [6.45, 7) is 0. The molecule has 10 rings (SSSR count). The van der Waals surface area contributed by atoms with Gasteiger partial charge in [-0.25, -0.2) is 0 Å².